The monoisotopic (exact) mass is 308 g/mol. The molecule has 0 aliphatic carbocycles. The molecular formula is C18H20N4O. The lowest BCUT2D eigenvalue weighted by Gasteiger charge is -2.22. The van der Waals surface area contributed by atoms with E-state index in [-0.39, 0.29) is 17.9 Å². The van der Waals surface area contributed by atoms with Crippen LogP contribution in [-0.2, 0) is 7.05 Å². The lowest BCUT2D eigenvalue weighted by atomic mass is 10.0. The molecule has 0 unspecified atom stereocenters. The molecule has 0 saturated carbocycles. The average molecular weight is 308 g/mol. The molecule has 3 rings (SSSR count). The first kappa shape index (κ1) is 15.2. The Hall–Kier alpha value is -2.69. The number of aryl methyl sites for hydroxylation is 1. The number of benzene rings is 1. The highest BCUT2D eigenvalue weighted by atomic mass is 16.1. The smallest absolute Gasteiger partial charge is 0.270 e. The SMILES string of the molecule is CC(C)[C@@H](NC(=O)c1cc2ccccc2cn1)c1nccn1C. The van der Waals surface area contributed by atoms with Crippen LogP contribution < -0.4 is 5.32 Å². The normalized spacial score (nSPS) is 12.5. The van der Waals surface area contributed by atoms with E-state index >= 15 is 0 Å². The van der Waals surface area contributed by atoms with Crippen molar-refractivity contribution in [2.24, 2.45) is 13.0 Å². The maximum absolute atomic E-state index is 12.6. The Morgan fingerprint density at radius 1 is 1.17 bits per heavy atom. The maximum Gasteiger partial charge on any atom is 0.270 e. The zero-order valence-electron chi connectivity index (χ0n) is 13.5. The topological polar surface area (TPSA) is 59.8 Å². The molecule has 1 aromatic carbocycles. The molecule has 5 heteroatoms. The third-order valence-corrected chi connectivity index (χ3v) is 3.95. The van der Waals surface area contributed by atoms with Crippen molar-refractivity contribution < 1.29 is 4.79 Å². The summed E-state index contributed by atoms with van der Waals surface area (Å²) in [7, 11) is 1.93. The van der Waals surface area contributed by atoms with Crippen molar-refractivity contribution in [3.8, 4) is 0 Å². The molecule has 1 atom stereocenters. The number of hydrogen-bond acceptors (Lipinski definition) is 3. The fraction of sp³-hybridized carbons (Fsp3) is 0.278. The van der Waals surface area contributed by atoms with Crippen molar-refractivity contribution in [2.45, 2.75) is 19.9 Å². The Morgan fingerprint density at radius 2 is 1.91 bits per heavy atom. The van der Waals surface area contributed by atoms with Gasteiger partial charge in [-0.15, -0.1) is 0 Å². The number of nitrogens with one attached hydrogen (secondary N) is 1. The third kappa shape index (κ3) is 3.08. The second kappa shape index (κ2) is 6.20. The molecule has 0 radical (unpaired) electrons. The van der Waals surface area contributed by atoms with Gasteiger partial charge in [0.05, 0.1) is 6.04 Å². The fourth-order valence-electron chi connectivity index (χ4n) is 2.63. The van der Waals surface area contributed by atoms with Crippen LogP contribution in [0.3, 0.4) is 0 Å². The molecule has 0 spiro atoms. The number of nitrogens with zero attached hydrogens (tertiary/aromatic N) is 3. The third-order valence-electron chi connectivity index (χ3n) is 3.95. The van der Waals surface area contributed by atoms with Gasteiger partial charge in [-0.1, -0.05) is 38.1 Å². The summed E-state index contributed by atoms with van der Waals surface area (Å²) in [6, 6.07) is 9.53. The van der Waals surface area contributed by atoms with E-state index in [9.17, 15) is 4.79 Å². The first-order chi connectivity index (χ1) is 11.1. The number of amides is 1. The summed E-state index contributed by atoms with van der Waals surface area (Å²) >= 11 is 0. The molecule has 0 aliphatic rings. The predicted molar refractivity (Wildman–Crippen MR) is 90.0 cm³/mol. The van der Waals surface area contributed by atoms with Crippen LogP contribution in [0.25, 0.3) is 10.8 Å². The zero-order chi connectivity index (χ0) is 16.4. The van der Waals surface area contributed by atoms with E-state index < -0.39 is 0 Å². The summed E-state index contributed by atoms with van der Waals surface area (Å²) in [6.45, 7) is 4.13. The molecule has 5 nitrogen and oxygen atoms in total. The molecule has 2 aromatic heterocycles. The maximum atomic E-state index is 12.6. The van der Waals surface area contributed by atoms with Crippen LogP contribution in [0.5, 0.6) is 0 Å². The Bertz CT molecular complexity index is 838. The molecule has 118 valence electrons. The van der Waals surface area contributed by atoms with E-state index in [1.807, 2.05) is 48.1 Å². The van der Waals surface area contributed by atoms with Gasteiger partial charge in [0.25, 0.3) is 5.91 Å². The highest BCUT2D eigenvalue weighted by Crippen LogP contribution is 2.20. The minimum Gasteiger partial charge on any atom is -0.340 e. The average Bonchev–Trinajstić information content (AvgIpc) is 2.97. The van der Waals surface area contributed by atoms with E-state index in [1.54, 1.807) is 12.4 Å². The van der Waals surface area contributed by atoms with E-state index in [1.165, 1.54) is 0 Å². The van der Waals surface area contributed by atoms with Crippen molar-refractivity contribution >= 4 is 16.7 Å². The summed E-state index contributed by atoms with van der Waals surface area (Å²) < 4.78 is 1.93. The quantitative estimate of drug-likeness (QED) is 0.805. The van der Waals surface area contributed by atoms with E-state index in [0.717, 1.165) is 16.6 Å². The predicted octanol–water partition coefficient (Wildman–Crippen LogP) is 3.10. The van der Waals surface area contributed by atoms with Crippen LogP contribution in [0.1, 0.15) is 36.2 Å². The number of fused-ring (bicyclic) bond motifs is 1. The minimum absolute atomic E-state index is 0.157. The van der Waals surface area contributed by atoms with Gasteiger partial charge in [-0.05, 0) is 17.4 Å². The Labute approximate surface area is 135 Å². The number of hydrogen-bond donors (Lipinski definition) is 1. The standard InChI is InChI=1S/C18H20N4O/c1-12(2)16(17-19-8-9-22(17)3)21-18(23)15-10-13-6-4-5-7-14(13)11-20-15/h4-12,16H,1-3H3,(H,21,23)/t16-/m1/s1. The van der Waals surface area contributed by atoms with Gasteiger partial charge in [-0.2, -0.15) is 0 Å². The summed E-state index contributed by atoms with van der Waals surface area (Å²) in [5.41, 5.74) is 0.420. The molecule has 0 fully saturated rings. The van der Waals surface area contributed by atoms with Crippen LogP contribution >= 0.6 is 0 Å². The van der Waals surface area contributed by atoms with Crippen LogP contribution in [0.15, 0.2) is 48.9 Å². The fourth-order valence-corrected chi connectivity index (χ4v) is 2.63. The Morgan fingerprint density at radius 3 is 2.57 bits per heavy atom. The van der Waals surface area contributed by atoms with Crippen LogP contribution in [0.4, 0.5) is 0 Å². The summed E-state index contributed by atoms with van der Waals surface area (Å²) in [5.74, 6) is 0.882. The number of imidazole rings is 1. The number of carbonyl (C=O) groups excluding carboxylic acids is 1. The van der Waals surface area contributed by atoms with Gasteiger partial charge in [-0.25, -0.2) is 4.98 Å². The molecule has 1 N–H and O–H groups in total. The lowest BCUT2D eigenvalue weighted by molar-refractivity contribution is 0.0917. The molecule has 23 heavy (non-hydrogen) atoms. The van der Waals surface area contributed by atoms with Gasteiger partial charge < -0.3 is 9.88 Å². The Kier molecular flexibility index (Phi) is 4.10. The number of aromatic nitrogens is 3. The minimum atomic E-state index is -0.183. The lowest BCUT2D eigenvalue weighted by Crippen LogP contribution is -2.33. The molecule has 2 heterocycles. The number of rotatable bonds is 4. The summed E-state index contributed by atoms with van der Waals surface area (Å²) in [4.78, 5) is 21.2. The van der Waals surface area contributed by atoms with Crippen molar-refractivity contribution in [1.82, 2.24) is 19.9 Å². The highest BCUT2D eigenvalue weighted by Gasteiger charge is 2.23. The van der Waals surface area contributed by atoms with Gasteiger partial charge in [0, 0.05) is 31.0 Å². The molecular weight excluding hydrogens is 288 g/mol. The second-order valence-electron chi connectivity index (χ2n) is 6.01. The van der Waals surface area contributed by atoms with Crippen molar-refractivity contribution in [2.75, 3.05) is 0 Å². The second-order valence-corrected chi connectivity index (χ2v) is 6.01. The van der Waals surface area contributed by atoms with E-state index in [4.69, 9.17) is 0 Å². The van der Waals surface area contributed by atoms with Gasteiger partial charge >= 0.3 is 0 Å². The van der Waals surface area contributed by atoms with Crippen molar-refractivity contribution in [1.29, 1.82) is 0 Å². The first-order valence-electron chi connectivity index (χ1n) is 7.69. The number of pyridine rings is 1. The van der Waals surface area contributed by atoms with Crippen LogP contribution in [0, 0.1) is 5.92 Å². The van der Waals surface area contributed by atoms with Crippen molar-refractivity contribution in [3.63, 3.8) is 0 Å². The summed E-state index contributed by atoms with van der Waals surface area (Å²) in [6.07, 6.45) is 5.35. The molecule has 1 amide bonds. The largest absolute Gasteiger partial charge is 0.340 e. The van der Waals surface area contributed by atoms with Gasteiger partial charge in [0.1, 0.15) is 11.5 Å². The van der Waals surface area contributed by atoms with E-state index in [2.05, 4.69) is 29.1 Å². The van der Waals surface area contributed by atoms with Crippen molar-refractivity contribution in [3.05, 3.63) is 60.4 Å². The van der Waals surface area contributed by atoms with E-state index in [0.29, 0.717) is 5.69 Å². The summed E-state index contributed by atoms with van der Waals surface area (Å²) in [5, 5.41) is 5.08. The molecule has 3 aromatic rings. The van der Waals surface area contributed by atoms with Gasteiger partial charge in [0.2, 0.25) is 0 Å². The Balaban J connectivity index is 1.87. The molecule has 0 saturated heterocycles. The first-order valence-corrected chi connectivity index (χ1v) is 7.69. The van der Waals surface area contributed by atoms with Crippen LogP contribution in [0.2, 0.25) is 0 Å². The van der Waals surface area contributed by atoms with Crippen LogP contribution in [-0.4, -0.2) is 20.4 Å². The van der Waals surface area contributed by atoms with Gasteiger partial charge in [-0.3, -0.25) is 9.78 Å². The van der Waals surface area contributed by atoms with Gasteiger partial charge in [0.15, 0.2) is 0 Å². The number of carbonyl (C=O) groups is 1. The highest BCUT2D eigenvalue weighted by molar-refractivity contribution is 5.96. The zero-order valence-corrected chi connectivity index (χ0v) is 13.5. The molecule has 0 bridgehead atoms. The molecule has 0 aliphatic heterocycles.